The summed E-state index contributed by atoms with van der Waals surface area (Å²) >= 11 is 0. The monoisotopic (exact) mass is 125 g/mol. The van der Waals surface area contributed by atoms with E-state index in [2.05, 4.69) is 12.2 Å². The van der Waals surface area contributed by atoms with E-state index in [4.69, 9.17) is 0 Å². The van der Waals surface area contributed by atoms with Crippen molar-refractivity contribution in [1.82, 2.24) is 5.32 Å². The zero-order valence-corrected chi connectivity index (χ0v) is 6.06. The van der Waals surface area contributed by atoms with Gasteiger partial charge in [-0.2, -0.15) is 0 Å². The fourth-order valence-electron chi connectivity index (χ4n) is 2.00. The van der Waals surface area contributed by atoms with Crippen molar-refractivity contribution in [3.63, 3.8) is 0 Å². The minimum absolute atomic E-state index is 0.888. The van der Waals surface area contributed by atoms with E-state index in [1.807, 2.05) is 0 Å². The van der Waals surface area contributed by atoms with E-state index in [-0.39, 0.29) is 0 Å². The van der Waals surface area contributed by atoms with Crippen molar-refractivity contribution in [2.45, 2.75) is 44.7 Å². The van der Waals surface area contributed by atoms with Crippen LogP contribution in [0.5, 0.6) is 0 Å². The van der Waals surface area contributed by atoms with Crippen LogP contribution in [0.2, 0.25) is 0 Å². The van der Waals surface area contributed by atoms with E-state index in [9.17, 15) is 0 Å². The second kappa shape index (κ2) is 1.98. The van der Waals surface area contributed by atoms with Crippen LogP contribution in [0, 0.1) is 5.92 Å². The van der Waals surface area contributed by atoms with Crippen LogP contribution < -0.4 is 5.32 Å². The Morgan fingerprint density at radius 1 is 1.44 bits per heavy atom. The third-order valence-corrected chi connectivity index (χ3v) is 2.60. The van der Waals surface area contributed by atoms with Gasteiger partial charge >= 0.3 is 0 Å². The Kier molecular flexibility index (Phi) is 1.26. The SMILES string of the molecule is CCCC1CC2CC2N1. The van der Waals surface area contributed by atoms with Gasteiger partial charge in [0.1, 0.15) is 0 Å². The van der Waals surface area contributed by atoms with Crippen molar-refractivity contribution in [3.8, 4) is 0 Å². The maximum Gasteiger partial charge on any atom is 0.0102 e. The van der Waals surface area contributed by atoms with Gasteiger partial charge in [-0.3, -0.25) is 0 Å². The predicted octanol–water partition coefficient (Wildman–Crippen LogP) is 1.54. The zero-order chi connectivity index (χ0) is 6.27. The molecule has 2 rings (SSSR count). The first-order valence-electron chi connectivity index (χ1n) is 4.16. The van der Waals surface area contributed by atoms with Crippen LogP contribution in [0.4, 0.5) is 0 Å². The maximum absolute atomic E-state index is 3.63. The van der Waals surface area contributed by atoms with Crippen LogP contribution in [0.25, 0.3) is 0 Å². The van der Waals surface area contributed by atoms with Crippen molar-refractivity contribution in [1.29, 1.82) is 0 Å². The third-order valence-electron chi connectivity index (χ3n) is 2.60. The van der Waals surface area contributed by atoms with Gasteiger partial charge in [0.05, 0.1) is 0 Å². The van der Waals surface area contributed by atoms with E-state index in [1.54, 1.807) is 0 Å². The minimum Gasteiger partial charge on any atom is -0.311 e. The van der Waals surface area contributed by atoms with Gasteiger partial charge in [0.25, 0.3) is 0 Å². The minimum atomic E-state index is 0.888. The molecule has 1 nitrogen and oxygen atoms in total. The Morgan fingerprint density at radius 2 is 2.33 bits per heavy atom. The number of hydrogen-bond donors (Lipinski definition) is 1. The summed E-state index contributed by atoms with van der Waals surface area (Å²) in [5.74, 6) is 1.08. The lowest BCUT2D eigenvalue weighted by atomic mass is 10.1. The Morgan fingerprint density at radius 3 is 2.89 bits per heavy atom. The molecule has 0 aromatic heterocycles. The quantitative estimate of drug-likeness (QED) is 0.590. The van der Waals surface area contributed by atoms with Crippen molar-refractivity contribution >= 4 is 0 Å². The lowest BCUT2D eigenvalue weighted by Gasteiger charge is -2.09. The van der Waals surface area contributed by atoms with Crippen LogP contribution in [-0.2, 0) is 0 Å². The van der Waals surface area contributed by atoms with Gasteiger partial charge in [-0.15, -0.1) is 0 Å². The number of hydrogen-bond acceptors (Lipinski definition) is 1. The van der Waals surface area contributed by atoms with Crippen molar-refractivity contribution in [2.24, 2.45) is 5.92 Å². The number of piperidine rings is 1. The highest BCUT2D eigenvalue weighted by molar-refractivity contribution is 5.02. The highest BCUT2D eigenvalue weighted by Gasteiger charge is 2.44. The van der Waals surface area contributed by atoms with Crippen LogP contribution in [0.15, 0.2) is 0 Å². The molecule has 1 heterocycles. The fraction of sp³-hybridized carbons (Fsp3) is 1.00. The van der Waals surface area contributed by atoms with Crippen LogP contribution >= 0.6 is 0 Å². The Labute approximate surface area is 56.8 Å². The molecule has 0 bridgehead atoms. The summed E-state index contributed by atoms with van der Waals surface area (Å²) in [6.45, 7) is 2.27. The van der Waals surface area contributed by atoms with Gasteiger partial charge in [0, 0.05) is 12.1 Å². The molecule has 3 atom stereocenters. The molecule has 0 amide bonds. The van der Waals surface area contributed by atoms with E-state index in [1.165, 1.54) is 25.7 Å². The molecule has 9 heavy (non-hydrogen) atoms. The summed E-state index contributed by atoms with van der Waals surface area (Å²) in [6.07, 6.45) is 5.68. The standard InChI is InChI=1S/C8H15N/c1-2-3-7-4-6-5-8(6)9-7/h6-9H,2-5H2,1H3. The van der Waals surface area contributed by atoms with E-state index < -0.39 is 0 Å². The fourth-order valence-corrected chi connectivity index (χ4v) is 2.00. The van der Waals surface area contributed by atoms with Crippen molar-refractivity contribution in [2.75, 3.05) is 0 Å². The van der Waals surface area contributed by atoms with Gasteiger partial charge < -0.3 is 5.32 Å². The number of rotatable bonds is 2. The zero-order valence-electron chi connectivity index (χ0n) is 6.06. The van der Waals surface area contributed by atoms with Gasteiger partial charge in [-0.25, -0.2) is 0 Å². The van der Waals surface area contributed by atoms with Crippen LogP contribution in [0.1, 0.15) is 32.6 Å². The first kappa shape index (κ1) is 5.72. The van der Waals surface area contributed by atoms with Gasteiger partial charge in [0.2, 0.25) is 0 Å². The lowest BCUT2D eigenvalue weighted by Crippen LogP contribution is -2.24. The third kappa shape index (κ3) is 0.983. The van der Waals surface area contributed by atoms with E-state index in [0.717, 1.165) is 18.0 Å². The van der Waals surface area contributed by atoms with Crippen LogP contribution in [-0.4, -0.2) is 12.1 Å². The smallest absolute Gasteiger partial charge is 0.0102 e. The average Bonchev–Trinajstić information content (AvgIpc) is 2.42. The molecular weight excluding hydrogens is 110 g/mol. The largest absolute Gasteiger partial charge is 0.311 e. The molecule has 1 saturated carbocycles. The summed E-state index contributed by atoms with van der Waals surface area (Å²) in [6, 6.07) is 1.83. The molecular formula is C8H15N. The molecule has 0 aromatic carbocycles. The second-order valence-corrected chi connectivity index (χ2v) is 3.49. The summed E-state index contributed by atoms with van der Waals surface area (Å²) in [4.78, 5) is 0. The molecule has 52 valence electrons. The summed E-state index contributed by atoms with van der Waals surface area (Å²) < 4.78 is 0. The molecule has 0 aromatic rings. The summed E-state index contributed by atoms with van der Waals surface area (Å²) in [5.41, 5.74) is 0. The van der Waals surface area contributed by atoms with Crippen LogP contribution in [0.3, 0.4) is 0 Å². The predicted molar refractivity (Wildman–Crippen MR) is 38.3 cm³/mol. The molecule has 1 heteroatoms. The molecule has 1 saturated heterocycles. The van der Waals surface area contributed by atoms with E-state index >= 15 is 0 Å². The molecule has 2 aliphatic rings. The molecule has 1 aliphatic carbocycles. The van der Waals surface area contributed by atoms with Gasteiger partial charge in [0.15, 0.2) is 0 Å². The Hall–Kier alpha value is -0.0400. The second-order valence-electron chi connectivity index (χ2n) is 3.49. The van der Waals surface area contributed by atoms with Gasteiger partial charge in [-0.1, -0.05) is 13.3 Å². The number of fused-ring (bicyclic) bond motifs is 1. The molecule has 1 aliphatic heterocycles. The first-order valence-corrected chi connectivity index (χ1v) is 4.16. The Bertz CT molecular complexity index is 101. The highest BCUT2D eigenvalue weighted by Crippen LogP contribution is 2.41. The van der Waals surface area contributed by atoms with Gasteiger partial charge in [-0.05, 0) is 25.2 Å². The summed E-state index contributed by atoms with van der Waals surface area (Å²) in [7, 11) is 0. The normalized spacial score (nSPS) is 47.0. The van der Waals surface area contributed by atoms with Crippen molar-refractivity contribution in [3.05, 3.63) is 0 Å². The topological polar surface area (TPSA) is 12.0 Å². The molecule has 0 spiro atoms. The number of nitrogens with one attached hydrogen (secondary N) is 1. The molecule has 1 N–H and O–H groups in total. The van der Waals surface area contributed by atoms with Crippen molar-refractivity contribution < 1.29 is 0 Å². The molecule has 0 radical (unpaired) electrons. The average molecular weight is 125 g/mol. The van der Waals surface area contributed by atoms with E-state index in [0.29, 0.717) is 0 Å². The first-order chi connectivity index (χ1) is 4.40. The molecule has 3 unspecified atom stereocenters. The highest BCUT2D eigenvalue weighted by atomic mass is 15.0. The molecule has 2 fully saturated rings. The Balaban J connectivity index is 1.77. The lowest BCUT2D eigenvalue weighted by molar-refractivity contribution is 0.499. The summed E-state index contributed by atoms with van der Waals surface area (Å²) in [5, 5.41) is 3.63. The maximum atomic E-state index is 3.63.